The predicted octanol–water partition coefficient (Wildman–Crippen LogP) is 6.30. The Kier molecular flexibility index (Phi) is 7.00. The lowest BCUT2D eigenvalue weighted by Crippen LogP contribution is -2.05. The minimum absolute atomic E-state index is 0.411. The number of imidazole rings is 1. The van der Waals surface area contributed by atoms with Crippen LogP contribution in [0.4, 0.5) is 0 Å². The van der Waals surface area contributed by atoms with Crippen LogP contribution in [-0.4, -0.2) is 20.6 Å². The van der Waals surface area contributed by atoms with Crippen LogP contribution in [0.25, 0.3) is 11.0 Å². The number of unbranched alkanes of at least 4 members (excludes halogenated alkanes) is 1. The normalized spacial score (nSPS) is 11.2. The third-order valence-corrected chi connectivity index (χ3v) is 6.01. The fourth-order valence-electron chi connectivity index (χ4n) is 4.25. The number of nitrogens with zero attached hydrogens (tertiary/aromatic N) is 2. The van der Waals surface area contributed by atoms with Crippen molar-refractivity contribution in [2.24, 2.45) is 0 Å². The Morgan fingerprint density at radius 3 is 2.34 bits per heavy atom. The van der Waals surface area contributed by atoms with Gasteiger partial charge in [0.25, 0.3) is 0 Å². The number of aromatic nitrogens is 2. The van der Waals surface area contributed by atoms with Crippen molar-refractivity contribution in [3.05, 3.63) is 101 Å². The molecule has 4 heteroatoms. The van der Waals surface area contributed by atoms with Gasteiger partial charge in [0.2, 0.25) is 0 Å². The Balaban J connectivity index is 1.42. The summed E-state index contributed by atoms with van der Waals surface area (Å²) in [6.45, 7) is 3.04. The van der Waals surface area contributed by atoms with E-state index in [4.69, 9.17) is 4.98 Å². The molecule has 1 aromatic heterocycles. The molecule has 164 valence electrons. The molecule has 0 fully saturated rings. The highest BCUT2D eigenvalue weighted by atomic mass is 16.4. The number of aromatic carboxylic acids is 1. The number of carbonyl (C=O) groups is 1. The van der Waals surface area contributed by atoms with Gasteiger partial charge < -0.3 is 9.67 Å². The number of hydrogen-bond donors (Lipinski definition) is 1. The molecule has 0 atom stereocenters. The number of carboxylic acids is 1. The van der Waals surface area contributed by atoms with E-state index < -0.39 is 5.97 Å². The van der Waals surface area contributed by atoms with E-state index in [0.29, 0.717) is 5.56 Å². The first-order valence-corrected chi connectivity index (χ1v) is 11.5. The van der Waals surface area contributed by atoms with Gasteiger partial charge in [-0.25, -0.2) is 9.78 Å². The van der Waals surface area contributed by atoms with Gasteiger partial charge in [-0.2, -0.15) is 0 Å². The lowest BCUT2D eigenvalue weighted by molar-refractivity contribution is 0.0695. The van der Waals surface area contributed by atoms with Gasteiger partial charge in [0.15, 0.2) is 0 Å². The molecule has 0 saturated carbocycles. The van der Waals surface area contributed by atoms with Gasteiger partial charge in [0, 0.05) is 13.0 Å². The number of aryl methyl sites for hydroxylation is 3. The summed E-state index contributed by atoms with van der Waals surface area (Å²) in [4.78, 5) is 16.3. The number of para-hydroxylation sites is 2. The second-order valence-electron chi connectivity index (χ2n) is 8.34. The van der Waals surface area contributed by atoms with Crippen molar-refractivity contribution in [3.63, 3.8) is 0 Å². The highest BCUT2D eigenvalue weighted by Crippen LogP contribution is 2.20. The molecule has 3 aromatic carbocycles. The zero-order valence-corrected chi connectivity index (χ0v) is 18.6. The first-order chi connectivity index (χ1) is 15.7. The average Bonchev–Trinajstić information content (AvgIpc) is 3.16. The first-order valence-electron chi connectivity index (χ1n) is 11.5. The Morgan fingerprint density at radius 2 is 1.56 bits per heavy atom. The molecule has 0 aliphatic heterocycles. The van der Waals surface area contributed by atoms with Crippen LogP contribution in [0.1, 0.15) is 59.1 Å². The van der Waals surface area contributed by atoms with Gasteiger partial charge >= 0.3 is 5.97 Å². The van der Waals surface area contributed by atoms with E-state index in [1.807, 2.05) is 18.2 Å². The molecule has 1 heterocycles. The van der Waals surface area contributed by atoms with E-state index in [0.717, 1.165) is 62.0 Å². The van der Waals surface area contributed by atoms with E-state index >= 15 is 0 Å². The van der Waals surface area contributed by atoms with Crippen LogP contribution in [0, 0.1) is 0 Å². The summed E-state index contributed by atoms with van der Waals surface area (Å²) in [6.07, 6.45) is 5.94. The third kappa shape index (κ3) is 5.08. The van der Waals surface area contributed by atoms with Gasteiger partial charge in [-0.1, -0.05) is 67.9 Å². The molecule has 0 bridgehead atoms. The zero-order chi connectivity index (χ0) is 22.3. The fraction of sp³-hybridized carbons (Fsp3) is 0.286. The Bertz CT molecular complexity index is 1190. The third-order valence-electron chi connectivity index (χ3n) is 6.01. The quantitative estimate of drug-likeness (QED) is 0.324. The van der Waals surface area contributed by atoms with Crippen molar-refractivity contribution in [1.29, 1.82) is 0 Å². The fourth-order valence-corrected chi connectivity index (χ4v) is 4.25. The van der Waals surface area contributed by atoms with Crippen molar-refractivity contribution in [2.45, 2.75) is 52.0 Å². The minimum Gasteiger partial charge on any atom is -0.478 e. The number of rotatable bonds is 10. The highest BCUT2D eigenvalue weighted by molar-refractivity contribution is 5.89. The minimum atomic E-state index is -0.852. The van der Waals surface area contributed by atoms with Crippen LogP contribution in [0.5, 0.6) is 0 Å². The lowest BCUT2D eigenvalue weighted by atomic mass is 9.99. The summed E-state index contributed by atoms with van der Waals surface area (Å²) >= 11 is 0. The molecule has 4 aromatic rings. The number of hydrogen-bond acceptors (Lipinski definition) is 2. The average molecular weight is 427 g/mol. The van der Waals surface area contributed by atoms with E-state index in [1.54, 1.807) is 12.1 Å². The van der Waals surface area contributed by atoms with Crippen molar-refractivity contribution in [1.82, 2.24) is 9.55 Å². The maximum absolute atomic E-state index is 11.4. The van der Waals surface area contributed by atoms with Gasteiger partial charge in [-0.05, 0) is 60.6 Å². The molecular weight excluding hydrogens is 396 g/mol. The molecule has 4 nitrogen and oxygen atoms in total. The van der Waals surface area contributed by atoms with Crippen LogP contribution < -0.4 is 0 Å². The molecule has 0 aliphatic rings. The zero-order valence-electron chi connectivity index (χ0n) is 18.6. The van der Waals surface area contributed by atoms with Crippen molar-refractivity contribution < 1.29 is 9.90 Å². The molecule has 0 saturated heterocycles. The monoisotopic (exact) mass is 426 g/mol. The number of benzene rings is 3. The summed E-state index contributed by atoms with van der Waals surface area (Å²) in [7, 11) is 0. The van der Waals surface area contributed by atoms with Crippen molar-refractivity contribution in [3.8, 4) is 0 Å². The van der Waals surface area contributed by atoms with Crippen LogP contribution in [-0.2, 0) is 25.8 Å². The molecule has 0 aliphatic carbocycles. The molecule has 32 heavy (non-hydrogen) atoms. The summed E-state index contributed by atoms with van der Waals surface area (Å²) in [5, 5.41) is 9.34. The smallest absolute Gasteiger partial charge is 0.335 e. The Hall–Kier alpha value is -3.40. The second kappa shape index (κ2) is 10.3. The van der Waals surface area contributed by atoms with E-state index in [1.165, 1.54) is 16.6 Å². The summed E-state index contributed by atoms with van der Waals surface area (Å²) in [5.41, 5.74) is 6.13. The largest absolute Gasteiger partial charge is 0.478 e. The van der Waals surface area contributed by atoms with Crippen molar-refractivity contribution >= 4 is 17.0 Å². The van der Waals surface area contributed by atoms with E-state index in [9.17, 15) is 9.90 Å². The number of fused-ring (bicyclic) bond motifs is 1. The summed E-state index contributed by atoms with van der Waals surface area (Å²) in [5.74, 6) is 0.310. The van der Waals surface area contributed by atoms with Gasteiger partial charge in [-0.3, -0.25) is 0 Å². The molecule has 0 unspecified atom stereocenters. The summed E-state index contributed by atoms with van der Waals surface area (Å²) in [6, 6.07) is 24.5. The lowest BCUT2D eigenvalue weighted by Gasteiger charge is -2.10. The van der Waals surface area contributed by atoms with E-state index in [2.05, 4.69) is 54.0 Å². The summed E-state index contributed by atoms with van der Waals surface area (Å²) < 4.78 is 2.35. The second-order valence-corrected chi connectivity index (χ2v) is 8.34. The standard InChI is InChI=1S/C28H30N2O2/c1-2-3-15-27-29-25-13-6-7-14-26(25)30(27)20-22-18-16-21(17-19-22)9-8-11-23-10-4-5-12-24(23)28(31)32/h4-7,10,12-14,16-19H,2-3,8-9,11,15,20H2,1H3,(H,31,32). The molecule has 0 amide bonds. The van der Waals surface area contributed by atoms with Gasteiger partial charge in [0.05, 0.1) is 16.6 Å². The van der Waals surface area contributed by atoms with E-state index in [-0.39, 0.29) is 0 Å². The topological polar surface area (TPSA) is 55.1 Å². The first kappa shape index (κ1) is 21.8. The van der Waals surface area contributed by atoms with Crippen LogP contribution in [0.3, 0.4) is 0 Å². The molecule has 4 rings (SSSR count). The molecular formula is C28H30N2O2. The predicted molar refractivity (Wildman–Crippen MR) is 129 cm³/mol. The molecule has 0 radical (unpaired) electrons. The highest BCUT2D eigenvalue weighted by Gasteiger charge is 2.11. The number of carboxylic acid groups (broad SMARTS) is 1. The van der Waals surface area contributed by atoms with Crippen LogP contribution >= 0.6 is 0 Å². The molecule has 0 spiro atoms. The Labute approximate surface area is 189 Å². The SMILES string of the molecule is CCCCc1nc2ccccc2n1Cc1ccc(CCCc2ccccc2C(=O)O)cc1. The van der Waals surface area contributed by atoms with Crippen LogP contribution in [0.2, 0.25) is 0 Å². The van der Waals surface area contributed by atoms with Crippen molar-refractivity contribution in [2.75, 3.05) is 0 Å². The van der Waals surface area contributed by atoms with Crippen LogP contribution in [0.15, 0.2) is 72.8 Å². The van der Waals surface area contributed by atoms with Gasteiger partial charge in [0.1, 0.15) is 5.82 Å². The molecule has 1 N–H and O–H groups in total. The van der Waals surface area contributed by atoms with Gasteiger partial charge in [-0.15, -0.1) is 0 Å². The maximum atomic E-state index is 11.4. The Morgan fingerprint density at radius 1 is 0.844 bits per heavy atom. The maximum Gasteiger partial charge on any atom is 0.335 e.